The summed E-state index contributed by atoms with van der Waals surface area (Å²) in [4.78, 5) is 11.8. The average Bonchev–Trinajstić information content (AvgIpc) is 2.73. The summed E-state index contributed by atoms with van der Waals surface area (Å²) in [6.45, 7) is 3.73. The van der Waals surface area contributed by atoms with E-state index in [9.17, 15) is 10.1 Å². The van der Waals surface area contributed by atoms with Crippen molar-refractivity contribution in [3.63, 3.8) is 0 Å². The van der Waals surface area contributed by atoms with Crippen LogP contribution in [0, 0.1) is 16.7 Å². The fraction of sp³-hybridized carbons (Fsp3) is 0.176. The van der Waals surface area contributed by atoms with Gasteiger partial charge in [-0.3, -0.25) is 10.2 Å². The Kier molecular flexibility index (Phi) is 2.91. The lowest BCUT2D eigenvalue weighted by Gasteiger charge is -2.15. The monoisotopic (exact) mass is 277 g/mol. The van der Waals surface area contributed by atoms with Gasteiger partial charge in [0.05, 0.1) is 17.0 Å². The van der Waals surface area contributed by atoms with Crippen LogP contribution in [0.25, 0.3) is 16.8 Å². The highest BCUT2D eigenvalue weighted by Gasteiger charge is 2.37. The first kappa shape index (κ1) is 13.2. The van der Waals surface area contributed by atoms with Crippen molar-refractivity contribution >= 4 is 22.8 Å². The Morgan fingerprint density at radius 3 is 2.48 bits per heavy atom. The molecule has 0 radical (unpaired) electrons. The lowest BCUT2D eigenvalue weighted by atomic mass is 9.88. The van der Waals surface area contributed by atoms with Crippen LogP contribution in [0.15, 0.2) is 42.1 Å². The van der Waals surface area contributed by atoms with Crippen LogP contribution in [0.4, 0.5) is 0 Å². The zero-order valence-corrected chi connectivity index (χ0v) is 11.9. The topological polar surface area (TPSA) is 64.9 Å². The van der Waals surface area contributed by atoms with Gasteiger partial charge in [-0.25, -0.2) is 0 Å². The van der Waals surface area contributed by atoms with Crippen LogP contribution in [0.3, 0.4) is 0 Å². The highest BCUT2D eigenvalue weighted by molar-refractivity contribution is 5.97. The van der Waals surface area contributed by atoms with E-state index in [1.165, 1.54) is 0 Å². The van der Waals surface area contributed by atoms with Gasteiger partial charge in [0.25, 0.3) is 0 Å². The normalized spacial score (nSPS) is 18.3. The van der Waals surface area contributed by atoms with Gasteiger partial charge < -0.3 is 5.43 Å². The number of carbonyl (C=O) groups is 1. The van der Waals surface area contributed by atoms with Crippen LogP contribution < -0.4 is 10.9 Å². The largest absolute Gasteiger partial charge is 0.302 e. The Balaban J connectivity index is 2.23. The van der Waals surface area contributed by atoms with E-state index in [1.54, 1.807) is 6.07 Å². The van der Waals surface area contributed by atoms with Crippen LogP contribution in [0.2, 0.25) is 0 Å². The Labute approximate surface area is 123 Å². The van der Waals surface area contributed by atoms with E-state index in [4.69, 9.17) is 0 Å². The molecule has 1 heterocycles. The minimum Gasteiger partial charge on any atom is -0.302 e. The number of hydrogen-bond acceptors (Lipinski definition) is 3. The van der Waals surface area contributed by atoms with Crippen molar-refractivity contribution in [3.05, 3.63) is 53.2 Å². The molecule has 1 saturated heterocycles. The Bertz CT molecular complexity index is 807. The second kappa shape index (κ2) is 4.64. The van der Waals surface area contributed by atoms with E-state index in [2.05, 4.69) is 16.9 Å². The molecule has 0 atom stereocenters. The molecule has 2 aromatic carbocycles. The van der Waals surface area contributed by atoms with Gasteiger partial charge in [0.2, 0.25) is 5.91 Å². The molecule has 0 aromatic heterocycles. The summed E-state index contributed by atoms with van der Waals surface area (Å²) in [5.41, 5.74) is 7.31. The molecule has 2 aromatic rings. The lowest BCUT2D eigenvalue weighted by molar-refractivity contribution is -0.125. The van der Waals surface area contributed by atoms with E-state index in [-0.39, 0.29) is 5.91 Å². The molecule has 4 heteroatoms. The third-order valence-corrected chi connectivity index (χ3v) is 3.91. The average molecular weight is 277 g/mol. The van der Waals surface area contributed by atoms with Gasteiger partial charge in [-0.1, -0.05) is 30.3 Å². The minimum atomic E-state index is -0.607. The van der Waals surface area contributed by atoms with E-state index in [1.807, 2.05) is 50.3 Å². The van der Waals surface area contributed by atoms with Crippen molar-refractivity contribution in [1.29, 1.82) is 5.26 Å². The van der Waals surface area contributed by atoms with Crippen LogP contribution in [0.1, 0.15) is 25.0 Å². The van der Waals surface area contributed by atoms with Crippen molar-refractivity contribution < 1.29 is 4.79 Å². The summed E-state index contributed by atoms with van der Waals surface area (Å²) in [6, 6.07) is 13.8. The summed E-state index contributed by atoms with van der Waals surface area (Å²) in [7, 11) is 0. The molecule has 0 unspecified atom stereocenters. The molecule has 1 aliphatic heterocycles. The predicted molar refractivity (Wildman–Crippen MR) is 81.7 cm³/mol. The number of benzene rings is 2. The molecule has 104 valence electrons. The zero-order chi connectivity index (χ0) is 15.0. The second-order valence-corrected chi connectivity index (χ2v) is 5.62. The highest BCUT2D eigenvalue weighted by Crippen LogP contribution is 2.32. The van der Waals surface area contributed by atoms with Gasteiger partial charge >= 0.3 is 0 Å². The first-order valence-electron chi connectivity index (χ1n) is 6.74. The first-order chi connectivity index (χ1) is 10.0. The molecule has 4 nitrogen and oxygen atoms in total. The maximum atomic E-state index is 11.8. The number of hydrogen-bond donors (Lipinski definition) is 2. The smallest absolute Gasteiger partial charge is 0.249 e. The molecule has 21 heavy (non-hydrogen) atoms. The van der Waals surface area contributed by atoms with Gasteiger partial charge in [0.1, 0.15) is 0 Å². The molecule has 0 saturated carbocycles. The number of fused-ring (bicyclic) bond motifs is 1. The second-order valence-electron chi connectivity index (χ2n) is 5.62. The van der Waals surface area contributed by atoms with E-state index >= 15 is 0 Å². The van der Waals surface area contributed by atoms with Crippen molar-refractivity contribution in [2.45, 2.75) is 13.8 Å². The van der Waals surface area contributed by atoms with Crippen LogP contribution >= 0.6 is 0 Å². The number of nitrogens with zero attached hydrogens (tertiary/aromatic N) is 1. The fourth-order valence-electron chi connectivity index (χ4n) is 2.51. The SMILES string of the molecule is CC1(C)C(=O)NN/C1=C\c1cccc2cccc(C#N)c12. The fourth-order valence-corrected chi connectivity index (χ4v) is 2.51. The molecule has 1 fully saturated rings. The van der Waals surface area contributed by atoms with E-state index < -0.39 is 5.41 Å². The van der Waals surface area contributed by atoms with Gasteiger partial charge in [-0.2, -0.15) is 5.26 Å². The molecule has 0 aliphatic carbocycles. The summed E-state index contributed by atoms with van der Waals surface area (Å²) in [5.74, 6) is -0.0607. The van der Waals surface area contributed by atoms with Crippen LogP contribution in [-0.2, 0) is 4.79 Å². The van der Waals surface area contributed by atoms with E-state index in [0.29, 0.717) is 5.56 Å². The predicted octanol–water partition coefficient (Wildman–Crippen LogP) is 2.71. The summed E-state index contributed by atoms with van der Waals surface area (Å²) >= 11 is 0. The Hall–Kier alpha value is -2.80. The number of amides is 1. The number of nitrogens with one attached hydrogen (secondary N) is 2. The summed E-state index contributed by atoms with van der Waals surface area (Å²) in [5, 5.41) is 11.2. The summed E-state index contributed by atoms with van der Waals surface area (Å²) < 4.78 is 0. The molecule has 0 spiro atoms. The van der Waals surface area contributed by atoms with Gasteiger partial charge in [0, 0.05) is 11.1 Å². The van der Waals surface area contributed by atoms with Crippen LogP contribution in [0.5, 0.6) is 0 Å². The third-order valence-electron chi connectivity index (χ3n) is 3.91. The maximum Gasteiger partial charge on any atom is 0.249 e. The lowest BCUT2D eigenvalue weighted by Crippen LogP contribution is -2.28. The molecule has 2 N–H and O–H groups in total. The Morgan fingerprint density at radius 2 is 1.86 bits per heavy atom. The number of carbonyl (C=O) groups excluding carboxylic acids is 1. The van der Waals surface area contributed by atoms with Crippen molar-refractivity contribution in [2.24, 2.45) is 5.41 Å². The van der Waals surface area contributed by atoms with Crippen LogP contribution in [-0.4, -0.2) is 5.91 Å². The quantitative estimate of drug-likeness (QED) is 0.842. The first-order valence-corrected chi connectivity index (χ1v) is 6.74. The highest BCUT2D eigenvalue weighted by atomic mass is 16.2. The van der Waals surface area contributed by atoms with Gasteiger partial charge in [-0.05, 0) is 36.9 Å². The molecular formula is C17H15N3O. The standard InChI is InChI=1S/C17H15N3O/c1-17(2)14(19-20-16(17)21)9-12-7-3-5-11-6-4-8-13(10-18)15(11)12/h3-9,19H,1-2H3,(H,20,21)/b14-9-. The molecule has 1 aliphatic rings. The zero-order valence-electron chi connectivity index (χ0n) is 11.9. The van der Waals surface area contributed by atoms with Crippen molar-refractivity contribution in [1.82, 2.24) is 10.9 Å². The van der Waals surface area contributed by atoms with Gasteiger partial charge in [0.15, 0.2) is 0 Å². The molecule has 0 bridgehead atoms. The number of hydrazine groups is 1. The minimum absolute atomic E-state index is 0.0607. The molecule has 1 amide bonds. The summed E-state index contributed by atoms with van der Waals surface area (Å²) in [6.07, 6.45) is 1.93. The Morgan fingerprint density at radius 1 is 1.14 bits per heavy atom. The van der Waals surface area contributed by atoms with Crippen molar-refractivity contribution in [3.8, 4) is 6.07 Å². The van der Waals surface area contributed by atoms with Gasteiger partial charge in [-0.15, -0.1) is 0 Å². The number of rotatable bonds is 1. The molecular weight excluding hydrogens is 262 g/mol. The number of nitriles is 1. The third kappa shape index (κ3) is 2.03. The van der Waals surface area contributed by atoms with E-state index in [0.717, 1.165) is 22.0 Å². The van der Waals surface area contributed by atoms with Crippen molar-refractivity contribution in [2.75, 3.05) is 0 Å². The molecule has 3 rings (SSSR count). The maximum absolute atomic E-state index is 11.8.